The van der Waals surface area contributed by atoms with Crippen LogP contribution in [-0.2, 0) is 10.3 Å². The van der Waals surface area contributed by atoms with E-state index in [1.54, 1.807) is 6.92 Å². The van der Waals surface area contributed by atoms with Gasteiger partial charge in [0.05, 0.1) is 0 Å². The Bertz CT molecular complexity index is 624. The summed E-state index contributed by atoms with van der Waals surface area (Å²) in [4.78, 5) is 12.4. The number of benzene rings is 2. The first kappa shape index (κ1) is 14.8. The molecular weight excluding hydrogens is 316 g/mol. The van der Waals surface area contributed by atoms with Gasteiger partial charge in [0.2, 0.25) is 5.91 Å². The molecule has 2 aromatic rings. The summed E-state index contributed by atoms with van der Waals surface area (Å²) >= 11 is 3.45. The molecular formula is C16H17BrN2O. The van der Waals surface area contributed by atoms with Gasteiger partial charge in [0.25, 0.3) is 0 Å². The third kappa shape index (κ3) is 2.92. The van der Waals surface area contributed by atoms with Crippen molar-refractivity contribution in [3.8, 4) is 0 Å². The highest BCUT2D eigenvalue weighted by atomic mass is 79.9. The molecule has 20 heavy (non-hydrogen) atoms. The molecule has 3 nitrogen and oxygen atoms in total. The van der Waals surface area contributed by atoms with Crippen LogP contribution in [0.4, 0.5) is 5.69 Å². The van der Waals surface area contributed by atoms with Crippen molar-refractivity contribution < 1.29 is 4.79 Å². The fourth-order valence-corrected chi connectivity index (χ4v) is 2.28. The molecule has 0 aliphatic heterocycles. The first-order chi connectivity index (χ1) is 9.43. The van der Waals surface area contributed by atoms with Gasteiger partial charge in [-0.3, -0.25) is 4.79 Å². The minimum Gasteiger partial charge on any atom is -0.324 e. The zero-order valence-electron chi connectivity index (χ0n) is 11.5. The summed E-state index contributed by atoms with van der Waals surface area (Å²) in [6.07, 6.45) is 0. The van der Waals surface area contributed by atoms with Crippen LogP contribution < -0.4 is 11.1 Å². The van der Waals surface area contributed by atoms with Crippen molar-refractivity contribution in [3.05, 3.63) is 64.1 Å². The highest BCUT2D eigenvalue weighted by Gasteiger charge is 2.30. The maximum Gasteiger partial charge on any atom is 0.248 e. The van der Waals surface area contributed by atoms with Gasteiger partial charge in [-0.2, -0.15) is 0 Å². The summed E-state index contributed by atoms with van der Waals surface area (Å²) in [7, 11) is 0. The van der Waals surface area contributed by atoms with Gasteiger partial charge in [-0.15, -0.1) is 0 Å². The number of amides is 1. The van der Waals surface area contributed by atoms with Gasteiger partial charge in [-0.05, 0) is 37.1 Å². The fourth-order valence-electron chi connectivity index (χ4n) is 1.91. The molecule has 0 aromatic heterocycles. The molecule has 0 bridgehead atoms. The van der Waals surface area contributed by atoms with E-state index in [-0.39, 0.29) is 5.91 Å². The molecule has 0 saturated heterocycles. The van der Waals surface area contributed by atoms with E-state index >= 15 is 0 Å². The molecule has 1 unspecified atom stereocenters. The molecule has 0 saturated carbocycles. The van der Waals surface area contributed by atoms with Crippen molar-refractivity contribution in [2.24, 2.45) is 5.73 Å². The normalized spacial score (nSPS) is 13.6. The van der Waals surface area contributed by atoms with Gasteiger partial charge in [-0.1, -0.05) is 52.3 Å². The van der Waals surface area contributed by atoms with Crippen LogP contribution in [0.5, 0.6) is 0 Å². The van der Waals surface area contributed by atoms with E-state index in [4.69, 9.17) is 5.73 Å². The Morgan fingerprint density at radius 3 is 2.45 bits per heavy atom. The average molecular weight is 333 g/mol. The SMILES string of the molecule is Cc1c(Br)cccc1NC(=O)C(C)(N)c1ccccc1. The van der Waals surface area contributed by atoms with Crippen molar-refractivity contribution in [1.29, 1.82) is 0 Å². The fraction of sp³-hybridized carbons (Fsp3) is 0.188. The third-order valence-corrected chi connectivity index (χ3v) is 4.22. The molecule has 1 amide bonds. The highest BCUT2D eigenvalue weighted by molar-refractivity contribution is 9.10. The maximum atomic E-state index is 12.4. The van der Waals surface area contributed by atoms with E-state index < -0.39 is 5.54 Å². The van der Waals surface area contributed by atoms with Crippen molar-refractivity contribution >= 4 is 27.5 Å². The minimum atomic E-state index is -1.07. The summed E-state index contributed by atoms with van der Waals surface area (Å²) < 4.78 is 0.953. The maximum absolute atomic E-state index is 12.4. The summed E-state index contributed by atoms with van der Waals surface area (Å²) in [6.45, 7) is 3.65. The van der Waals surface area contributed by atoms with Crippen LogP contribution in [0.3, 0.4) is 0 Å². The number of nitrogens with two attached hydrogens (primary N) is 1. The van der Waals surface area contributed by atoms with E-state index in [1.807, 2.05) is 55.5 Å². The lowest BCUT2D eigenvalue weighted by atomic mass is 9.92. The summed E-state index contributed by atoms with van der Waals surface area (Å²) in [5, 5.41) is 2.90. The molecule has 0 radical (unpaired) electrons. The summed E-state index contributed by atoms with van der Waals surface area (Å²) in [5.74, 6) is -0.232. The van der Waals surface area contributed by atoms with Gasteiger partial charge in [0.1, 0.15) is 5.54 Å². The van der Waals surface area contributed by atoms with E-state index in [1.165, 1.54) is 0 Å². The second kappa shape index (κ2) is 5.77. The van der Waals surface area contributed by atoms with E-state index in [2.05, 4.69) is 21.2 Å². The molecule has 0 spiro atoms. The van der Waals surface area contributed by atoms with Gasteiger partial charge in [0.15, 0.2) is 0 Å². The van der Waals surface area contributed by atoms with Crippen LogP contribution >= 0.6 is 15.9 Å². The Morgan fingerprint density at radius 2 is 1.80 bits per heavy atom. The number of rotatable bonds is 3. The lowest BCUT2D eigenvalue weighted by molar-refractivity contribution is -0.120. The number of carbonyl (C=O) groups is 1. The molecule has 4 heteroatoms. The van der Waals surface area contributed by atoms with Crippen LogP contribution in [0, 0.1) is 6.92 Å². The second-order valence-electron chi connectivity index (χ2n) is 4.93. The van der Waals surface area contributed by atoms with Gasteiger partial charge in [0, 0.05) is 10.2 Å². The largest absolute Gasteiger partial charge is 0.324 e. The molecule has 1 atom stereocenters. The van der Waals surface area contributed by atoms with Crippen LogP contribution in [0.25, 0.3) is 0 Å². The Hall–Kier alpha value is -1.65. The standard InChI is InChI=1S/C16H17BrN2O/c1-11-13(17)9-6-10-14(11)19-15(20)16(2,18)12-7-4-3-5-8-12/h3-10H,18H2,1-2H3,(H,19,20). The Kier molecular flexibility index (Phi) is 4.26. The van der Waals surface area contributed by atoms with Crippen LogP contribution in [-0.4, -0.2) is 5.91 Å². The second-order valence-corrected chi connectivity index (χ2v) is 5.79. The first-order valence-electron chi connectivity index (χ1n) is 6.34. The summed E-state index contributed by atoms with van der Waals surface area (Å²) in [6, 6.07) is 15.0. The molecule has 104 valence electrons. The van der Waals surface area contributed by atoms with E-state index in [0.29, 0.717) is 0 Å². The van der Waals surface area contributed by atoms with Crippen molar-refractivity contribution in [1.82, 2.24) is 0 Å². The summed E-state index contributed by atoms with van der Waals surface area (Å²) in [5.41, 5.74) is 7.64. The molecule has 2 rings (SSSR count). The number of hydrogen-bond acceptors (Lipinski definition) is 2. The zero-order valence-corrected chi connectivity index (χ0v) is 13.1. The molecule has 0 aliphatic carbocycles. The number of nitrogens with one attached hydrogen (secondary N) is 1. The number of hydrogen-bond donors (Lipinski definition) is 2. The highest BCUT2D eigenvalue weighted by Crippen LogP contribution is 2.26. The third-order valence-electron chi connectivity index (χ3n) is 3.36. The average Bonchev–Trinajstić information content (AvgIpc) is 2.44. The monoisotopic (exact) mass is 332 g/mol. The molecule has 3 N–H and O–H groups in total. The van der Waals surface area contributed by atoms with Crippen molar-refractivity contribution in [2.75, 3.05) is 5.32 Å². The van der Waals surface area contributed by atoms with Crippen molar-refractivity contribution in [2.45, 2.75) is 19.4 Å². The molecule has 0 aliphatic rings. The quantitative estimate of drug-likeness (QED) is 0.902. The predicted molar refractivity (Wildman–Crippen MR) is 85.5 cm³/mol. The number of carbonyl (C=O) groups excluding carboxylic acids is 1. The number of halogens is 1. The smallest absolute Gasteiger partial charge is 0.248 e. The topological polar surface area (TPSA) is 55.1 Å². The molecule has 2 aromatic carbocycles. The molecule has 0 heterocycles. The van der Waals surface area contributed by atoms with Gasteiger partial charge < -0.3 is 11.1 Å². The first-order valence-corrected chi connectivity index (χ1v) is 7.13. The van der Waals surface area contributed by atoms with E-state index in [9.17, 15) is 4.79 Å². The van der Waals surface area contributed by atoms with Crippen LogP contribution in [0.15, 0.2) is 53.0 Å². The Labute approximate surface area is 127 Å². The van der Waals surface area contributed by atoms with Crippen LogP contribution in [0.1, 0.15) is 18.1 Å². The number of anilines is 1. The Balaban J connectivity index is 2.26. The van der Waals surface area contributed by atoms with Crippen molar-refractivity contribution in [3.63, 3.8) is 0 Å². The lowest BCUT2D eigenvalue weighted by Gasteiger charge is -2.24. The van der Waals surface area contributed by atoms with Crippen LogP contribution in [0.2, 0.25) is 0 Å². The Morgan fingerprint density at radius 1 is 1.15 bits per heavy atom. The lowest BCUT2D eigenvalue weighted by Crippen LogP contribution is -2.45. The van der Waals surface area contributed by atoms with E-state index in [0.717, 1.165) is 21.3 Å². The minimum absolute atomic E-state index is 0.232. The molecule has 0 fully saturated rings. The van der Waals surface area contributed by atoms with Gasteiger partial charge in [-0.25, -0.2) is 0 Å². The predicted octanol–water partition coefficient (Wildman–Crippen LogP) is 3.57. The zero-order chi connectivity index (χ0) is 14.8. The van der Waals surface area contributed by atoms with Gasteiger partial charge >= 0.3 is 0 Å².